The molecule has 1 aromatic carbocycles. The third-order valence-corrected chi connectivity index (χ3v) is 4.25. The predicted octanol–water partition coefficient (Wildman–Crippen LogP) is 0.709. The normalized spacial score (nSPS) is 11.5. The van der Waals surface area contributed by atoms with E-state index >= 15 is 0 Å². The van der Waals surface area contributed by atoms with E-state index in [1.54, 1.807) is 20.9 Å². The maximum absolute atomic E-state index is 12.1. The van der Waals surface area contributed by atoms with E-state index in [0.717, 1.165) is 6.07 Å². The minimum absolute atomic E-state index is 0.0547. The van der Waals surface area contributed by atoms with Gasteiger partial charge in [0.1, 0.15) is 0 Å². The van der Waals surface area contributed by atoms with Crippen molar-refractivity contribution in [1.29, 1.82) is 0 Å². The fraction of sp³-hybridized carbons (Fsp3) is 0.455. The summed E-state index contributed by atoms with van der Waals surface area (Å²) in [6.45, 7) is 3.89. The van der Waals surface area contributed by atoms with Crippen molar-refractivity contribution >= 4 is 15.7 Å². The van der Waals surface area contributed by atoms with Crippen molar-refractivity contribution in [3.63, 3.8) is 0 Å². The lowest BCUT2D eigenvalue weighted by Gasteiger charge is -2.10. The molecule has 2 N–H and O–H groups in total. The first-order valence-electron chi connectivity index (χ1n) is 5.69. The number of aryl methyl sites for hydroxylation is 2. The molecular weight excluding hydrogens is 270 g/mol. The number of hydrogen-bond acceptors (Lipinski definition) is 5. The van der Waals surface area contributed by atoms with Crippen molar-refractivity contribution in [2.24, 2.45) is 0 Å². The fourth-order valence-electron chi connectivity index (χ4n) is 1.70. The Morgan fingerprint density at radius 2 is 1.84 bits per heavy atom. The van der Waals surface area contributed by atoms with Crippen LogP contribution < -0.4 is 10.0 Å². The van der Waals surface area contributed by atoms with Crippen LogP contribution in [0.2, 0.25) is 0 Å². The zero-order valence-electron chi connectivity index (χ0n) is 11.1. The van der Waals surface area contributed by atoms with Crippen molar-refractivity contribution < 1.29 is 13.3 Å². The van der Waals surface area contributed by atoms with Gasteiger partial charge in [-0.05, 0) is 32.5 Å². The molecular formula is C11H17N3O4S. The summed E-state index contributed by atoms with van der Waals surface area (Å²) in [7, 11) is -2.03. The number of nitro benzene ring substituents is 1. The number of rotatable bonds is 6. The third-order valence-electron chi connectivity index (χ3n) is 2.65. The van der Waals surface area contributed by atoms with E-state index in [0.29, 0.717) is 17.7 Å². The van der Waals surface area contributed by atoms with Gasteiger partial charge in [0, 0.05) is 24.7 Å². The first-order chi connectivity index (χ1) is 8.79. The van der Waals surface area contributed by atoms with Crippen LogP contribution in [0.1, 0.15) is 11.1 Å². The second-order valence-corrected chi connectivity index (χ2v) is 5.90. The first-order valence-corrected chi connectivity index (χ1v) is 7.18. The van der Waals surface area contributed by atoms with Gasteiger partial charge in [0.15, 0.2) is 0 Å². The molecule has 0 atom stereocenters. The molecule has 1 aromatic rings. The predicted molar refractivity (Wildman–Crippen MR) is 71.7 cm³/mol. The summed E-state index contributed by atoms with van der Waals surface area (Å²) in [5.41, 5.74) is 0.733. The van der Waals surface area contributed by atoms with E-state index in [-0.39, 0.29) is 17.1 Å². The Bertz CT molecular complexity index is 584. The average molecular weight is 287 g/mol. The largest absolute Gasteiger partial charge is 0.318 e. The van der Waals surface area contributed by atoms with Crippen molar-refractivity contribution in [1.82, 2.24) is 10.0 Å². The molecule has 0 aliphatic heterocycles. The highest BCUT2D eigenvalue weighted by Gasteiger charge is 2.22. The van der Waals surface area contributed by atoms with E-state index < -0.39 is 14.9 Å². The van der Waals surface area contributed by atoms with Crippen molar-refractivity contribution in [3.8, 4) is 0 Å². The molecule has 8 heteroatoms. The van der Waals surface area contributed by atoms with Crippen LogP contribution in [0.3, 0.4) is 0 Å². The summed E-state index contributed by atoms with van der Waals surface area (Å²) >= 11 is 0. The van der Waals surface area contributed by atoms with Crippen LogP contribution in [-0.2, 0) is 10.0 Å². The summed E-state index contributed by atoms with van der Waals surface area (Å²) in [6, 6.07) is 2.61. The summed E-state index contributed by atoms with van der Waals surface area (Å²) in [6.07, 6.45) is 0. The van der Waals surface area contributed by atoms with E-state index in [1.165, 1.54) is 6.07 Å². The minimum Gasteiger partial charge on any atom is -0.318 e. The summed E-state index contributed by atoms with van der Waals surface area (Å²) in [5.74, 6) is 0. The zero-order valence-corrected chi connectivity index (χ0v) is 11.9. The molecule has 0 spiro atoms. The Morgan fingerprint density at radius 1 is 1.21 bits per heavy atom. The Balaban J connectivity index is 3.19. The number of nitro groups is 1. The van der Waals surface area contributed by atoms with Crippen LogP contribution >= 0.6 is 0 Å². The van der Waals surface area contributed by atoms with Gasteiger partial charge >= 0.3 is 0 Å². The van der Waals surface area contributed by atoms with Crippen LogP contribution in [0.15, 0.2) is 17.0 Å². The number of nitrogens with zero attached hydrogens (tertiary/aromatic N) is 1. The molecule has 106 valence electrons. The van der Waals surface area contributed by atoms with E-state index in [4.69, 9.17) is 0 Å². The summed E-state index contributed by atoms with van der Waals surface area (Å²) in [5, 5.41) is 13.7. The van der Waals surface area contributed by atoms with E-state index in [9.17, 15) is 18.5 Å². The highest BCUT2D eigenvalue weighted by atomic mass is 32.2. The molecule has 0 unspecified atom stereocenters. The minimum atomic E-state index is -3.73. The molecule has 0 radical (unpaired) electrons. The van der Waals surface area contributed by atoms with Crippen LogP contribution in [-0.4, -0.2) is 33.5 Å². The van der Waals surface area contributed by atoms with E-state index in [1.807, 2.05) is 0 Å². The molecule has 0 aromatic heterocycles. The number of likely N-dealkylation sites (N-methyl/N-ethyl adjacent to an activating group) is 1. The Morgan fingerprint density at radius 3 is 2.37 bits per heavy atom. The molecule has 0 bridgehead atoms. The standard InChI is InChI=1S/C11H17N3O4S/c1-8-6-9(2)11(7-10(8)14(15)16)19(17,18)13-5-4-12-3/h6-7,12-13H,4-5H2,1-3H3. The maximum atomic E-state index is 12.1. The van der Waals surface area contributed by atoms with Gasteiger partial charge in [-0.1, -0.05) is 0 Å². The molecule has 1 rings (SSSR count). The van der Waals surface area contributed by atoms with Crippen LogP contribution in [0.4, 0.5) is 5.69 Å². The second kappa shape index (κ2) is 6.09. The molecule has 0 fully saturated rings. The maximum Gasteiger partial charge on any atom is 0.273 e. The monoisotopic (exact) mass is 287 g/mol. The van der Waals surface area contributed by atoms with Crippen LogP contribution in [0.25, 0.3) is 0 Å². The number of sulfonamides is 1. The summed E-state index contributed by atoms with van der Waals surface area (Å²) < 4.78 is 26.5. The number of nitrogens with one attached hydrogen (secondary N) is 2. The van der Waals surface area contributed by atoms with Crippen LogP contribution in [0, 0.1) is 24.0 Å². The average Bonchev–Trinajstić information content (AvgIpc) is 2.28. The highest BCUT2D eigenvalue weighted by Crippen LogP contribution is 2.25. The first kappa shape index (κ1) is 15.5. The van der Waals surface area contributed by atoms with Crippen LogP contribution in [0.5, 0.6) is 0 Å². The lowest BCUT2D eigenvalue weighted by molar-refractivity contribution is -0.385. The second-order valence-electron chi connectivity index (χ2n) is 4.16. The number of benzene rings is 1. The molecule has 0 heterocycles. The Hall–Kier alpha value is -1.51. The van der Waals surface area contributed by atoms with Crippen molar-refractivity contribution in [3.05, 3.63) is 33.4 Å². The van der Waals surface area contributed by atoms with Gasteiger partial charge in [-0.2, -0.15) is 0 Å². The smallest absolute Gasteiger partial charge is 0.273 e. The third kappa shape index (κ3) is 3.72. The van der Waals surface area contributed by atoms with Gasteiger partial charge in [0.25, 0.3) is 5.69 Å². The lowest BCUT2D eigenvalue weighted by Crippen LogP contribution is -2.31. The van der Waals surface area contributed by atoms with Gasteiger partial charge in [-0.15, -0.1) is 0 Å². The topological polar surface area (TPSA) is 101 Å². The molecule has 7 nitrogen and oxygen atoms in total. The molecule has 0 saturated carbocycles. The molecule has 19 heavy (non-hydrogen) atoms. The Labute approximate surface area is 112 Å². The molecule has 0 aliphatic carbocycles. The summed E-state index contributed by atoms with van der Waals surface area (Å²) in [4.78, 5) is 10.2. The molecule has 0 amide bonds. The zero-order chi connectivity index (χ0) is 14.6. The molecule has 0 saturated heterocycles. The van der Waals surface area contributed by atoms with Gasteiger partial charge in [-0.3, -0.25) is 10.1 Å². The van der Waals surface area contributed by atoms with Gasteiger partial charge in [-0.25, -0.2) is 13.1 Å². The van der Waals surface area contributed by atoms with Gasteiger partial charge in [0.2, 0.25) is 10.0 Å². The lowest BCUT2D eigenvalue weighted by atomic mass is 10.1. The highest BCUT2D eigenvalue weighted by molar-refractivity contribution is 7.89. The number of hydrogen-bond donors (Lipinski definition) is 2. The van der Waals surface area contributed by atoms with Gasteiger partial charge < -0.3 is 5.32 Å². The SMILES string of the molecule is CNCCNS(=O)(=O)c1cc([N+](=O)[O-])c(C)cc1C. The fourth-order valence-corrected chi connectivity index (χ4v) is 2.97. The molecule has 0 aliphatic rings. The quantitative estimate of drug-likeness (QED) is 0.456. The van der Waals surface area contributed by atoms with Crippen molar-refractivity contribution in [2.45, 2.75) is 18.7 Å². The van der Waals surface area contributed by atoms with Crippen molar-refractivity contribution in [2.75, 3.05) is 20.1 Å². The van der Waals surface area contributed by atoms with E-state index in [2.05, 4.69) is 10.0 Å². The van der Waals surface area contributed by atoms with Gasteiger partial charge in [0.05, 0.1) is 9.82 Å². The Kier molecular flexibility index (Phi) is 4.98.